The minimum absolute atomic E-state index is 0. The van der Waals surface area contributed by atoms with Crippen LogP contribution in [0.15, 0.2) is 0 Å². The summed E-state index contributed by atoms with van der Waals surface area (Å²) in [7, 11) is 0. The molecule has 4 nitrogen and oxygen atoms in total. The molecule has 0 spiro atoms. The van der Waals surface area contributed by atoms with Gasteiger partial charge in [0.15, 0.2) is 0 Å². The van der Waals surface area contributed by atoms with Crippen molar-refractivity contribution in [2.24, 2.45) is 0 Å². The molecule has 0 rings (SSSR count). The minimum Gasteiger partial charge on any atom is -2.00 e. The molecule has 0 fully saturated rings. The summed E-state index contributed by atoms with van der Waals surface area (Å²) in [5.41, 5.74) is 0. The average molecular weight is 126 g/mol. The number of carbonyl (C=O) groups is 1. The van der Waals surface area contributed by atoms with Crippen molar-refractivity contribution < 1.29 is 51.5 Å². The molecule has 0 bridgehead atoms. The molecule has 2 N–H and O–H groups in total. The van der Waals surface area contributed by atoms with Crippen molar-refractivity contribution in [2.45, 2.75) is 0 Å². The first-order valence-corrected chi connectivity index (χ1v) is 0.651. The molecule has 0 radical (unpaired) electrons. The van der Waals surface area contributed by atoms with Crippen molar-refractivity contribution in [3.63, 3.8) is 0 Å². The number of rotatable bonds is 0. The number of hydrogen-bond donors (Lipinski definition) is 2. The fraction of sp³-hybridized carbons (Fsp3) is 0. The average Bonchev–Trinajstić information content (AvgIpc) is 0.811. The van der Waals surface area contributed by atoms with Gasteiger partial charge in [0.1, 0.15) is 0 Å². The molecule has 0 heterocycles. The van der Waals surface area contributed by atoms with E-state index in [1.807, 2.05) is 0 Å². The Morgan fingerprint density at radius 3 is 1.43 bits per heavy atom. The topological polar surface area (TPSA) is 86.0 Å². The fourth-order valence-corrected chi connectivity index (χ4v) is 0. The standard InChI is InChI=1S/CH2O3.Mg.Na.O/c2-1(3)4;;;/h(H2,2,3,4);;;/q;+2;+1;-2/p+1. The van der Waals surface area contributed by atoms with Crippen LogP contribution in [0.3, 0.4) is 0 Å². The van der Waals surface area contributed by atoms with Gasteiger partial charge in [0.25, 0.3) is 0 Å². The van der Waals surface area contributed by atoms with Crippen LogP contribution >= 0.6 is 0 Å². The summed E-state index contributed by atoms with van der Waals surface area (Å²) in [6.45, 7) is 0. The van der Waals surface area contributed by atoms with Crippen molar-refractivity contribution in [2.75, 3.05) is 0 Å². The molecule has 0 saturated heterocycles. The zero-order chi connectivity index (χ0) is 3.58. The Bertz CT molecular complexity index is 39.0. The van der Waals surface area contributed by atoms with Gasteiger partial charge >= 0.3 is 60.2 Å². The Balaban J connectivity index is -0.00000000750. The predicted molar refractivity (Wildman–Crippen MR) is 18.2 cm³/mol. The molecule has 0 aromatic rings. The number of carboxylic acid groups (broad SMARTS) is 2. The van der Waals surface area contributed by atoms with E-state index in [9.17, 15) is 0 Å². The van der Waals surface area contributed by atoms with E-state index in [1.54, 1.807) is 0 Å². The van der Waals surface area contributed by atoms with E-state index in [-0.39, 0.29) is 59.5 Å². The second-order valence-corrected chi connectivity index (χ2v) is 0.283. The smallest absolute Gasteiger partial charge is 2.00 e. The van der Waals surface area contributed by atoms with Gasteiger partial charge in [-0.15, -0.1) is 0 Å². The van der Waals surface area contributed by atoms with Crippen molar-refractivity contribution in [3.8, 4) is 0 Å². The first kappa shape index (κ1) is 24.5. The maximum Gasteiger partial charge on any atom is 2.00 e. The SMILES string of the molecule is O=C(O)O.[H+].[Mg+2].[Na+].[O-2]. The maximum atomic E-state index is 8.56. The molecule has 6 heteroatoms. The third-order valence-corrected chi connectivity index (χ3v) is 0. The van der Waals surface area contributed by atoms with Crippen LogP contribution < -0.4 is 29.6 Å². The minimum atomic E-state index is -1.83. The molecule has 0 saturated carbocycles. The summed E-state index contributed by atoms with van der Waals surface area (Å²) in [5.74, 6) is 0. The molecule has 0 aliphatic rings. The summed E-state index contributed by atoms with van der Waals surface area (Å²) in [5, 5.41) is 13.9. The molecule has 0 aromatic heterocycles. The van der Waals surface area contributed by atoms with Gasteiger partial charge in [0.2, 0.25) is 0 Å². The van der Waals surface area contributed by atoms with Gasteiger partial charge < -0.3 is 15.7 Å². The Labute approximate surface area is 80.1 Å². The second kappa shape index (κ2) is 15.8. The molecule has 32 valence electrons. The van der Waals surface area contributed by atoms with Crippen LogP contribution in [0.2, 0.25) is 0 Å². The Morgan fingerprint density at radius 1 is 1.43 bits per heavy atom. The molecule has 0 aliphatic carbocycles. The molecule has 0 amide bonds. The van der Waals surface area contributed by atoms with Gasteiger partial charge in [-0.1, -0.05) is 0 Å². The first-order valence-electron chi connectivity index (χ1n) is 0.651. The van der Waals surface area contributed by atoms with E-state index in [0.29, 0.717) is 0 Å². The zero-order valence-electron chi connectivity index (χ0n) is 4.92. The van der Waals surface area contributed by atoms with Crippen molar-refractivity contribution in [3.05, 3.63) is 0 Å². The van der Waals surface area contributed by atoms with Gasteiger partial charge in [0, 0.05) is 0 Å². The van der Waals surface area contributed by atoms with Crippen LogP contribution in [0.25, 0.3) is 0 Å². The third-order valence-electron chi connectivity index (χ3n) is 0. The molecule has 0 atom stereocenters. The van der Waals surface area contributed by atoms with E-state index in [0.717, 1.165) is 0 Å². The van der Waals surface area contributed by atoms with E-state index in [4.69, 9.17) is 15.0 Å². The van der Waals surface area contributed by atoms with Gasteiger partial charge in [0.05, 0.1) is 0 Å². The van der Waals surface area contributed by atoms with Crippen LogP contribution in [0, 0.1) is 0 Å². The summed E-state index contributed by atoms with van der Waals surface area (Å²) in [6.07, 6.45) is -1.83. The molecule has 0 aliphatic heterocycles. The van der Waals surface area contributed by atoms with Gasteiger partial charge in [-0.2, -0.15) is 0 Å². The largest absolute Gasteiger partial charge is 2.00 e. The number of hydrogen-bond acceptors (Lipinski definition) is 1. The van der Waals surface area contributed by atoms with E-state index in [2.05, 4.69) is 0 Å². The normalized spacial score (nSPS) is 3.43. The molecular formula is CH3MgNaO4+2. The summed E-state index contributed by atoms with van der Waals surface area (Å²) in [6, 6.07) is 0. The fourth-order valence-electron chi connectivity index (χ4n) is 0. The second-order valence-electron chi connectivity index (χ2n) is 0.283. The third kappa shape index (κ3) is 176. The van der Waals surface area contributed by atoms with Crippen LogP contribution in [-0.4, -0.2) is 39.4 Å². The van der Waals surface area contributed by atoms with Crippen LogP contribution in [-0.2, 0) is 5.48 Å². The van der Waals surface area contributed by atoms with E-state index in [1.165, 1.54) is 0 Å². The van der Waals surface area contributed by atoms with Crippen molar-refractivity contribution >= 4 is 29.2 Å². The Kier molecular flexibility index (Phi) is 55.1. The molecule has 7 heavy (non-hydrogen) atoms. The van der Waals surface area contributed by atoms with Crippen LogP contribution in [0.5, 0.6) is 0 Å². The monoisotopic (exact) mass is 126 g/mol. The first-order chi connectivity index (χ1) is 1.73. The summed E-state index contributed by atoms with van der Waals surface area (Å²) >= 11 is 0. The Morgan fingerprint density at radius 2 is 1.43 bits per heavy atom. The Hall–Kier alpha value is 0.996. The van der Waals surface area contributed by atoms with Crippen LogP contribution in [0.1, 0.15) is 1.43 Å². The van der Waals surface area contributed by atoms with E-state index >= 15 is 0 Å². The summed E-state index contributed by atoms with van der Waals surface area (Å²) < 4.78 is 0. The summed E-state index contributed by atoms with van der Waals surface area (Å²) in [4.78, 5) is 8.56. The van der Waals surface area contributed by atoms with Crippen LogP contribution in [0.4, 0.5) is 4.79 Å². The van der Waals surface area contributed by atoms with Crippen molar-refractivity contribution in [1.29, 1.82) is 0 Å². The predicted octanol–water partition coefficient (Wildman–Crippen LogP) is -3.16. The quantitative estimate of drug-likeness (QED) is 0.336. The maximum absolute atomic E-state index is 8.56. The molecule has 0 aromatic carbocycles. The van der Waals surface area contributed by atoms with Gasteiger partial charge in [-0.25, -0.2) is 4.79 Å². The molecule has 0 unspecified atom stereocenters. The van der Waals surface area contributed by atoms with Gasteiger partial charge in [-0.05, 0) is 0 Å². The van der Waals surface area contributed by atoms with E-state index < -0.39 is 6.16 Å². The van der Waals surface area contributed by atoms with Gasteiger partial charge in [-0.3, -0.25) is 0 Å². The molecular weight excluding hydrogens is 123 g/mol. The van der Waals surface area contributed by atoms with Crippen molar-refractivity contribution in [1.82, 2.24) is 0 Å². The zero-order valence-corrected chi connectivity index (χ0v) is 7.33.